The third-order valence-corrected chi connectivity index (χ3v) is 4.78. The summed E-state index contributed by atoms with van der Waals surface area (Å²) in [6.07, 6.45) is 2.57. The number of hydrogen-bond donors (Lipinski definition) is 2. The molecule has 1 saturated heterocycles. The molecule has 0 bridgehead atoms. The van der Waals surface area contributed by atoms with E-state index in [1.807, 2.05) is 45.9 Å². The molecule has 1 aliphatic rings. The Balaban J connectivity index is 2.04. The average molecular weight is 304 g/mol. The number of carbonyl (C=O) groups excluding carboxylic acids is 1. The summed E-state index contributed by atoms with van der Waals surface area (Å²) in [5, 5.41) is 12.7. The molecule has 22 heavy (non-hydrogen) atoms. The van der Waals surface area contributed by atoms with Gasteiger partial charge in [0.15, 0.2) is 0 Å². The standard InChI is InChI=1S/C18H28N2O2/c1-12-7-5-9-17(14(12)3)19-18(22)15(4)20-10-6-8-16(20)11-13(2)21/h5,7,9,13,15-16,21H,6,8,10-11H2,1-4H3,(H,19,22). The highest BCUT2D eigenvalue weighted by molar-refractivity contribution is 5.95. The van der Waals surface area contributed by atoms with Crippen molar-refractivity contribution >= 4 is 11.6 Å². The molecule has 2 rings (SSSR count). The minimum atomic E-state index is -0.320. The Morgan fingerprint density at radius 1 is 1.41 bits per heavy atom. The van der Waals surface area contributed by atoms with Crippen LogP contribution in [0.5, 0.6) is 0 Å². The second kappa shape index (κ2) is 7.25. The van der Waals surface area contributed by atoms with E-state index in [0.29, 0.717) is 6.04 Å². The van der Waals surface area contributed by atoms with E-state index in [1.165, 1.54) is 5.56 Å². The molecule has 2 N–H and O–H groups in total. The topological polar surface area (TPSA) is 52.6 Å². The van der Waals surface area contributed by atoms with Crippen molar-refractivity contribution < 1.29 is 9.90 Å². The number of amides is 1. The fourth-order valence-electron chi connectivity index (χ4n) is 3.29. The highest BCUT2D eigenvalue weighted by atomic mass is 16.3. The molecule has 3 unspecified atom stereocenters. The van der Waals surface area contributed by atoms with Gasteiger partial charge in [-0.15, -0.1) is 0 Å². The first kappa shape index (κ1) is 17.0. The van der Waals surface area contributed by atoms with Gasteiger partial charge >= 0.3 is 0 Å². The molecule has 0 saturated carbocycles. The molecule has 1 aromatic rings. The zero-order chi connectivity index (χ0) is 16.3. The van der Waals surface area contributed by atoms with Crippen LogP contribution in [0.4, 0.5) is 5.69 Å². The largest absolute Gasteiger partial charge is 0.393 e. The Hall–Kier alpha value is -1.39. The van der Waals surface area contributed by atoms with Crippen molar-refractivity contribution in [2.45, 2.75) is 65.1 Å². The quantitative estimate of drug-likeness (QED) is 0.879. The molecule has 1 heterocycles. The molecular weight excluding hydrogens is 276 g/mol. The molecule has 0 aromatic heterocycles. The number of anilines is 1. The number of nitrogens with one attached hydrogen (secondary N) is 1. The molecule has 4 heteroatoms. The van der Waals surface area contributed by atoms with Crippen molar-refractivity contribution in [2.75, 3.05) is 11.9 Å². The van der Waals surface area contributed by atoms with Gasteiger partial charge in [0.2, 0.25) is 5.91 Å². The van der Waals surface area contributed by atoms with Crippen LogP contribution >= 0.6 is 0 Å². The van der Waals surface area contributed by atoms with Crippen LogP contribution in [0.1, 0.15) is 44.2 Å². The lowest BCUT2D eigenvalue weighted by atomic mass is 10.1. The van der Waals surface area contributed by atoms with E-state index in [2.05, 4.69) is 10.2 Å². The molecule has 1 aromatic carbocycles. The van der Waals surface area contributed by atoms with Crippen molar-refractivity contribution in [3.8, 4) is 0 Å². The lowest BCUT2D eigenvalue weighted by Gasteiger charge is -2.30. The summed E-state index contributed by atoms with van der Waals surface area (Å²) in [5.74, 6) is 0.0335. The molecule has 1 aliphatic heterocycles. The maximum Gasteiger partial charge on any atom is 0.241 e. The highest BCUT2D eigenvalue weighted by Gasteiger charge is 2.32. The van der Waals surface area contributed by atoms with Gasteiger partial charge in [0.25, 0.3) is 0 Å². The smallest absolute Gasteiger partial charge is 0.241 e. The third kappa shape index (κ3) is 3.87. The van der Waals surface area contributed by atoms with Gasteiger partial charge in [-0.3, -0.25) is 9.69 Å². The predicted octanol–water partition coefficient (Wildman–Crippen LogP) is 2.87. The van der Waals surface area contributed by atoms with Crippen molar-refractivity contribution in [1.29, 1.82) is 0 Å². The molecule has 3 atom stereocenters. The number of nitrogens with zero attached hydrogens (tertiary/aromatic N) is 1. The summed E-state index contributed by atoms with van der Waals surface area (Å²) in [7, 11) is 0. The molecule has 4 nitrogen and oxygen atoms in total. The second-order valence-electron chi connectivity index (χ2n) is 6.53. The fourth-order valence-corrected chi connectivity index (χ4v) is 3.29. The molecule has 0 aliphatic carbocycles. The van der Waals surface area contributed by atoms with E-state index in [0.717, 1.165) is 37.1 Å². The van der Waals surface area contributed by atoms with Gasteiger partial charge in [-0.05, 0) is 70.7 Å². The maximum absolute atomic E-state index is 12.6. The number of likely N-dealkylation sites (tertiary alicyclic amines) is 1. The molecule has 1 amide bonds. The Morgan fingerprint density at radius 2 is 2.14 bits per heavy atom. The Morgan fingerprint density at radius 3 is 2.82 bits per heavy atom. The number of aliphatic hydroxyl groups is 1. The molecule has 0 spiro atoms. The zero-order valence-electron chi connectivity index (χ0n) is 14.1. The number of hydrogen-bond acceptors (Lipinski definition) is 3. The van der Waals surface area contributed by atoms with Crippen LogP contribution in [-0.2, 0) is 4.79 Å². The van der Waals surface area contributed by atoms with Crippen LogP contribution in [0.25, 0.3) is 0 Å². The molecule has 0 radical (unpaired) electrons. The highest BCUT2D eigenvalue weighted by Crippen LogP contribution is 2.25. The van der Waals surface area contributed by atoms with Crippen LogP contribution < -0.4 is 5.32 Å². The van der Waals surface area contributed by atoms with Gasteiger partial charge < -0.3 is 10.4 Å². The summed E-state index contributed by atoms with van der Waals surface area (Å²) in [6, 6.07) is 6.09. The Kier molecular flexibility index (Phi) is 5.59. The zero-order valence-corrected chi connectivity index (χ0v) is 14.1. The normalized spacial score (nSPS) is 21.6. The van der Waals surface area contributed by atoms with E-state index in [1.54, 1.807) is 0 Å². The molecular formula is C18H28N2O2. The Bertz CT molecular complexity index is 528. The third-order valence-electron chi connectivity index (χ3n) is 4.78. The first-order chi connectivity index (χ1) is 10.4. The minimum Gasteiger partial charge on any atom is -0.393 e. The monoisotopic (exact) mass is 304 g/mol. The number of rotatable bonds is 5. The van der Waals surface area contributed by atoms with Gasteiger partial charge in [0, 0.05) is 11.7 Å². The van der Waals surface area contributed by atoms with E-state index in [-0.39, 0.29) is 18.1 Å². The number of carbonyl (C=O) groups is 1. The summed E-state index contributed by atoms with van der Waals surface area (Å²) < 4.78 is 0. The van der Waals surface area contributed by atoms with Gasteiger partial charge in [-0.2, -0.15) is 0 Å². The lowest BCUT2D eigenvalue weighted by Crippen LogP contribution is -2.45. The number of aryl methyl sites for hydroxylation is 1. The summed E-state index contributed by atoms with van der Waals surface area (Å²) in [5.41, 5.74) is 3.19. The summed E-state index contributed by atoms with van der Waals surface area (Å²) >= 11 is 0. The van der Waals surface area contributed by atoms with E-state index >= 15 is 0 Å². The van der Waals surface area contributed by atoms with Crippen LogP contribution in [0.15, 0.2) is 18.2 Å². The first-order valence-electron chi connectivity index (χ1n) is 8.21. The summed E-state index contributed by atoms with van der Waals surface area (Å²) in [4.78, 5) is 14.8. The van der Waals surface area contributed by atoms with Crippen LogP contribution in [0.2, 0.25) is 0 Å². The fraction of sp³-hybridized carbons (Fsp3) is 0.611. The average Bonchev–Trinajstić information content (AvgIpc) is 2.90. The minimum absolute atomic E-state index is 0.0335. The van der Waals surface area contributed by atoms with Crippen LogP contribution in [0.3, 0.4) is 0 Å². The molecule has 1 fully saturated rings. The van der Waals surface area contributed by atoms with Gasteiger partial charge in [-0.1, -0.05) is 12.1 Å². The Labute approximate surface area is 133 Å². The number of benzene rings is 1. The van der Waals surface area contributed by atoms with Gasteiger partial charge in [-0.25, -0.2) is 0 Å². The number of aliphatic hydroxyl groups excluding tert-OH is 1. The van der Waals surface area contributed by atoms with Crippen molar-refractivity contribution in [2.24, 2.45) is 0 Å². The molecule has 122 valence electrons. The van der Waals surface area contributed by atoms with E-state index < -0.39 is 0 Å². The van der Waals surface area contributed by atoms with Crippen LogP contribution in [-0.4, -0.2) is 40.6 Å². The SMILES string of the molecule is Cc1cccc(NC(=O)C(C)N2CCCC2CC(C)O)c1C. The summed E-state index contributed by atoms with van der Waals surface area (Å²) in [6.45, 7) is 8.78. The van der Waals surface area contributed by atoms with Crippen molar-refractivity contribution in [3.63, 3.8) is 0 Å². The van der Waals surface area contributed by atoms with Crippen molar-refractivity contribution in [3.05, 3.63) is 29.3 Å². The lowest BCUT2D eigenvalue weighted by molar-refractivity contribution is -0.121. The van der Waals surface area contributed by atoms with Gasteiger partial charge in [0.05, 0.1) is 12.1 Å². The predicted molar refractivity (Wildman–Crippen MR) is 90.0 cm³/mol. The second-order valence-corrected chi connectivity index (χ2v) is 6.53. The maximum atomic E-state index is 12.6. The van der Waals surface area contributed by atoms with Crippen molar-refractivity contribution in [1.82, 2.24) is 4.90 Å². The first-order valence-corrected chi connectivity index (χ1v) is 8.21. The van der Waals surface area contributed by atoms with E-state index in [9.17, 15) is 9.90 Å². The van der Waals surface area contributed by atoms with E-state index in [4.69, 9.17) is 0 Å². The van der Waals surface area contributed by atoms with Crippen LogP contribution in [0, 0.1) is 13.8 Å². The van der Waals surface area contributed by atoms with Gasteiger partial charge in [0.1, 0.15) is 0 Å².